The Kier molecular flexibility index (Phi) is 4.74. The van der Waals surface area contributed by atoms with Crippen LogP contribution < -0.4 is 10.6 Å². The van der Waals surface area contributed by atoms with Crippen LogP contribution in [0.15, 0.2) is 51.9 Å². The fraction of sp³-hybridized carbons (Fsp3) is 0.0526. The molecule has 28 heavy (non-hydrogen) atoms. The van der Waals surface area contributed by atoms with E-state index in [0.717, 1.165) is 15.8 Å². The zero-order valence-electron chi connectivity index (χ0n) is 14.0. The zero-order chi connectivity index (χ0) is 20.0. The summed E-state index contributed by atoms with van der Waals surface area (Å²) in [7, 11) is 0. The summed E-state index contributed by atoms with van der Waals surface area (Å²) in [6.07, 6.45) is -0.0911. The van der Waals surface area contributed by atoms with E-state index >= 15 is 0 Å². The number of carboxylic acid groups (broad SMARTS) is 1. The first-order valence-electron chi connectivity index (χ1n) is 8.04. The minimum Gasteiger partial charge on any atom is -0.493 e. The van der Waals surface area contributed by atoms with Crippen LogP contribution in [0.25, 0.3) is 11.3 Å². The molecule has 0 aliphatic carbocycles. The van der Waals surface area contributed by atoms with E-state index in [4.69, 9.17) is 17.3 Å². The van der Waals surface area contributed by atoms with Gasteiger partial charge in [0.25, 0.3) is 5.91 Å². The van der Waals surface area contributed by atoms with Gasteiger partial charge in [-0.15, -0.1) is 11.3 Å². The van der Waals surface area contributed by atoms with Crippen LogP contribution in [0.5, 0.6) is 5.88 Å². The molecular weight excluding hydrogens is 464 g/mol. The van der Waals surface area contributed by atoms with E-state index in [-0.39, 0.29) is 12.3 Å². The van der Waals surface area contributed by atoms with Crippen molar-refractivity contribution in [1.29, 1.82) is 0 Å². The van der Waals surface area contributed by atoms with Gasteiger partial charge in [0.15, 0.2) is 3.95 Å². The molecule has 9 heteroatoms. The Balaban J connectivity index is 1.87. The van der Waals surface area contributed by atoms with Crippen LogP contribution in [0.4, 0.5) is 0 Å². The van der Waals surface area contributed by atoms with Crippen molar-refractivity contribution >= 4 is 56.9 Å². The number of amides is 1. The maximum Gasteiger partial charge on any atom is 0.307 e. The summed E-state index contributed by atoms with van der Waals surface area (Å²) in [6.45, 7) is 0. The minimum atomic E-state index is -0.922. The molecule has 0 spiro atoms. The summed E-state index contributed by atoms with van der Waals surface area (Å²) in [6, 6.07) is 12.0. The van der Waals surface area contributed by atoms with Crippen molar-refractivity contribution in [2.75, 3.05) is 0 Å². The normalized spacial score (nSPS) is 12.8. The van der Waals surface area contributed by atoms with Gasteiger partial charge >= 0.3 is 5.97 Å². The lowest BCUT2D eigenvalue weighted by Crippen LogP contribution is -2.22. The van der Waals surface area contributed by atoms with Gasteiger partial charge in [-0.1, -0.05) is 28.1 Å². The highest BCUT2D eigenvalue weighted by Gasteiger charge is 2.25. The Morgan fingerprint density at radius 2 is 1.93 bits per heavy atom. The first kappa shape index (κ1) is 18.7. The molecule has 1 amide bonds. The number of aliphatic carboxylic acids is 1. The number of nitrogens with zero attached hydrogens (tertiary/aromatic N) is 2. The van der Waals surface area contributed by atoms with Crippen molar-refractivity contribution in [2.24, 2.45) is 4.99 Å². The molecule has 0 fully saturated rings. The van der Waals surface area contributed by atoms with E-state index in [1.54, 1.807) is 42.5 Å². The van der Waals surface area contributed by atoms with Crippen LogP contribution in [0.3, 0.4) is 0 Å². The fourth-order valence-electron chi connectivity index (χ4n) is 3.00. The number of hydrogen-bond acceptors (Lipinski definition) is 5. The topological polar surface area (TPSA) is 91.9 Å². The number of aromatic hydroxyl groups is 1. The van der Waals surface area contributed by atoms with Gasteiger partial charge in [-0.2, -0.15) is 0 Å². The molecule has 0 atom stereocenters. The first-order valence-corrected chi connectivity index (χ1v) is 10.1. The van der Waals surface area contributed by atoms with Gasteiger partial charge in [-0.25, -0.2) is 4.99 Å². The average molecular weight is 475 g/mol. The number of aromatic nitrogens is 1. The largest absolute Gasteiger partial charge is 0.493 e. The Morgan fingerprint density at radius 3 is 2.61 bits per heavy atom. The molecule has 2 aromatic carbocycles. The zero-order valence-corrected chi connectivity index (χ0v) is 17.3. The molecule has 6 nitrogen and oxygen atoms in total. The average Bonchev–Trinajstić information content (AvgIpc) is 3.10. The Hall–Kier alpha value is -2.62. The first-order chi connectivity index (χ1) is 13.3. The molecule has 0 radical (unpaired) electrons. The molecule has 0 bridgehead atoms. The highest BCUT2D eigenvalue weighted by Crippen LogP contribution is 2.35. The van der Waals surface area contributed by atoms with Crippen LogP contribution in [-0.4, -0.2) is 26.7 Å². The third-order valence-corrected chi connectivity index (χ3v) is 6.10. The summed E-state index contributed by atoms with van der Waals surface area (Å²) < 4.78 is 2.61. The summed E-state index contributed by atoms with van der Waals surface area (Å²) >= 11 is 9.92. The van der Waals surface area contributed by atoms with Crippen molar-refractivity contribution in [1.82, 2.24) is 4.57 Å². The van der Waals surface area contributed by atoms with E-state index in [9.17, 15) is 14.7 Å². The number of carbonyl (C=O) groups is 2. The number of fused-ring (bicyclic) bond motifs is 1. The van der Waals surface area contributed by atoms with Gasteiger partial charge in [0.1, 0.15) is 4.88 Å². The number of carbonyl (C=O) groups excluding carboxylic acids is 1. The van der Waals surface area contributed by atoms with E-state index in [0.29, 0.717) is 36.2 Å². The predicted octanol–water partition coefficient (Wildman–Crippen LogP) is 2.72. The van der Waals surface area contributed by atoms with Gasteiger partial charge in [0.05, 0.1) is 23.0 Å². The standard InChI is InChI=1S/C19H11BrN2O4S2/c20-10-3-6-13-12(8-10)15(17(25)21-13)16-18(26)22(19(27)28-16)11-4-1-9(2-5-11)7-14(23)24/h1-6,8,26H,7H2,(H,23,24). The lowest BCUT2D eigenvalue weighted by atomic mass is 10.1. The number of halogens is 1. The predicted molar refractivity (Wildman–Crippen MR) is 110 cm³/mol. The van der Waals surface area contributed by atoms with Gasteiger partial charge in [-0.3, -0.25) is 14.2 Å². The van der Waals surface area contributed by atoms with Crippen molar-refractivity contribution in [3.63, 3.8) is 0 Å². The maximum atomic E-state index is 12.5. The highest BCUT2D eigenvalue weighted by atomic mass is 79.9. The van der Waals surface area contributed by atoms with Crippen LogP contribution in [0, 0.1) is 3.95 Å². The molecule has 3 aromatic rings. The van der Waals surface area contributed by atoms with E-state index < -0.39 is 11.9 Å². The van der Waals surface area contributed by atoms with Gasteiger partial charge < -0.3 is 10.2 Å². The molecule has 1 aromatic heterocycles. The number of hydrogen-bond donors (Lipinski definition) is 2. The summed E-state index contributed by atoms with van der Waals surface area (Å²) in [5.41, 5.74) is 1.53. The monoisotopic (exact) mass is 474 g/mol. The lowest BCUT2D eigenvalue weighted by molar-refractivity contribution is -0.136. The smallest absolute Gasteiger partial charge is 0.307 e. The van der Waals surface area contributed by atoms with Gasteiger partial charge in [0.2, 0.25) is 5.88 Å². The van der Waals surface area contributed by atoms with Crippen molar-refractivity contribution < 1.29 is 19.8 Å². The Labute approximate surface area is 175 Å². The maximum absolute atomic E-state index is 12.5. The van der Waals surface area contributed by atoms with Crippen LogP contribution in [0.1, 0.15) is 10.4 Å². The van der Waals surface area contributed by atoms with Crippen molar-refractivity contribution in [2.45, 2.75) is 6.42 Å². The number of benzene rings is 2. The molecular formula is C19H11BrN2O4S2. The van der Waals surface area contributed by atoms with Crippen molar-refractivity contribution in [3.05, 3.63) is 71.9 Å². The second kappa shape index (κ2) is 7.08. The second-order valence-corrected chi connectivity index (χ2v) is 8.61. The molecule has 1 aliphatic rings. The quantitative estimate of drug-likeness (QED) is 0.567. The molecule has 0 saturated carbocycles. The number of rotatable bonds is 4. The summed E-state index contributed by atoms with van der Waals surface area (Å²) in [4.78, 5) is 27.7. The van der Waals surface area contributed by atoms with E-state index in [2.05, 4.69) is 20.9 Å². The number of carboxylic acids is 1. The lowest BCUT2D eigenvalue weighted by Gasteiger charge is -2.06. The van der Waals surface area contributed by atoms with E-state index in [1.807, 2.05) is 0 Å². The van der Waals surface area contributed by atoms with Crippen LogP contribution in [-0.2, 0) is 16.0 Å². The van der Waals surface area contributed by atoms with Crippen LogP contribution >= 0.6 is 39.5 Å². The molecule has 2 N–H and O–H groups in total. The summed E-state index contributed by atoms with van der Waals surface area (Å²) in [5, 5.41) is 20.9. The van der Waals surface area contributed by atoms with E-state index in [1.165, 1.54) is 4.57 Å². The summed E-state index contributed by atoms with van der Waals surface area (Å²) in [5.74, 6) is -1.49. The number of thiazole rings is 1. The SMILES string of the molecule is O=C(O)Cc1ccc(-n2c(O)c(C3=c4cc(Br)ccc4=NC3=O)sc2=S)cc1. The molecule has 140 valence electrons. The molecule has 1 aliphatic heterocycles. The molecule has 0 saturated heterocycles. The Morgan fingerprint density at radius 1 is 1.21 bits per heavy atom. The highest BCUT2D eigenvalue weighted by molar-refractivity contribution is 9.10. The van der Waals surface area contributed by atoms with Crippen molar-refractivity contribution in [3.8, 4) is 11.6 Å². The molecule has 4 rings (SSSR count). The second-order valence-electron chi connectivity index (χ2n) is 6.05. The van der Waals surface area contributed by atoms with Gasteiger partial charge in [-0.05, 0) is 48.1 Å². The van der Waals surface area contributed by atoms with Crippen LogP contribution in [0.2, 0.25) is 0 Å². The molecule has 0 unspecified atom stereocenters. The Bertz CT molecular complexity index is 1320. The third-order valence-electron chi connectivity index (χ3n) is 4.23. The van der Waals surface area contributed by atoms with Gasteiger partial charge in [0, 0.05) is 9.69 Å². The fourth-order valence-corrected chi connectivity index (χ4v) is 4.74. The molecule has 2 heterocycles. The third kappa shape index (κ3) is 3.21. The minimum absolute atomic E-state index is 0.0911.